The Bertz CT molecular complexity index is 862. The van der Waals surface area contributed by atoms with Gasteiger partial charge in [-0.1, -0.05) is 70.0 Å². The molecule has 0 amide bonds. The van der Waals surface area contributed by atoms with Gasteiger partial charge < -0.3 is 0 Å². The van der Waals surface area contributed by atoms with E-state index in [-0.39, 0.29) is 0 Å². The Morgan fingerprint density at radius 3 is 2.26 bits per heavy atom. The molecule has 0 nitrogen and oxygen atoms in total. The summed E-state index contributed by atoms with van der Waals surface area (Å²) < 4.78 is 0. The van der Waals surface area contributed by atoms with Crippen LogP contribution in [-0.4, -0.2) is 0 Å². The van der Waals surface area contributed by atoms with Crippen molar-refractivity contribution in [3.63, 3.8) is 0 Å². The van der Waals surface area contributed by atoms with Crippen LogP contribution in [0.3, 0.4) is 0 Å². The third-order valence-electron chi connectivity index (χ3n) is 4.91. The van der Waals surface area contributed by atoms with Crippen molar-refractivity contribution in [3.8, 4) is 11.1 Å². The van der Waals surface area contributed by atoms with Gasteiger partial charge >= 0.3 is 37.9 Å². The summed E-state index contributed by atoms with van der Waals surface area (Å²) in [5, 5.41) is 2.81. The van der Waals surface area contributed by atoms with Gasteiger partial charge in [0.05, 0.1) is 0 Å². The molecule has 0 fully saturated rings. The average Bonchev–Trinajstić information content (AvgIpc) is 3.02. The maximum absolute atomic E-state index is 4.93. The number of benzene rings is 2. The molecule has 0 spiro atoms. The Kier molecular flexibility index (Phi) is 9.20. The molecule has 27 heavy (non-hydrogen) atoms. The molecule has 0 atom stereocenters. The molecular formula is C24H29Cl2Zr-. The number of hydrogen-bond acceptors (Lipinski definition) is 0. The minimum absolute atomic E-state index is 0.534. The molecule has 0 aliphatic rings. The fourth-order valence-electron chi connectivity index (χ4n) is 3.82. The molecule has 144 valence electrons. The van der Waals surface area contributed by atoms with Crippen molar-refractivity contribution in [2.24, 2.45) is 5.92 Å². The van der Waals surface area contributed by atoms with Gasteiger partial charge in [-0.25, -0.2) is 0 Å². The van der Waals surface area contributed by atoms with Crippen LogP contribution in [0.25, 0.3) is 21.9 Å². The average molecular weight is 480 g/mol. The van der Waals surface area contributed by atoms with Crippen molar-refractivity contribution in [1.82, 2.24) is 0 Å². The Morgan fingerprint density at radius 2 is 1.67 bits per heavy atom. The summed E-state index contributed by atoms with van der Waals surface area (Å²) in [6, 6.07) is 18.4. The third kappa shape index (κ3) is 5.75. The van der Waals surface area contributed by atoms with Gasteiger partial charge in [-0.3, -0.25) is 0 Å². The summed E-state index contributed by atoms with van der Waals surface area (Å²) in [7, 11) is 9.87. The van der Waals surface area contributed by atoms with E-state index >= 15 is 0 Å². The molecule has 0 N–H and O–H groups in total. The molecule has 0 bridgehead atoms. The van der Waals surface area contributed by atoms with Crippen LogP contribution >= 0.6 is 17.0 Å². The van der Waals surface area contributed by atoms with E-state index in [1.54, 1.807) is 0 Å². The van der Waals surface area contributed by atoms with Gasteiger partial charge in [-0.15, -0.1) is 34.5 Å². The van der Waals surface area contributed by atoms with E-state index in [1.165, 1.54) is 38.6 Å². The molecule has 3 rings (SSSR count). The van der Waals surface area contributed by atoms with Crippen LogP contribution in [0, 0.1) is 5.92 Å². The molecular weight excluding hydrogens is 450 g/mol. The van der Waals surface area contributed by atoms with Crippen molar-refractivity contribution >= 4 is 27.8 Å². The van der Waals surface area contributed by atoms with Crippen molar-refractivity contribution in [3.05, 3.63) is 65.2 Å². The first-order chi connectivity index (χ1) is 12.9. The Balaban J connectivity index is 0.000000817. The molecule has 0 saturated heterocycles. The summed E-state index contributed by atoms with van der Waals surface area (Å²) >= 11 is -0.826. The van der Waals surface area contributed by atoms with Crippen LogP contribution in [0.2, 0.25) is 0 Å². The zero-order valence-corrected chi connectivity index (χ0v) is 20.9. The molecule has 3 heteroatoms. The van der Waals surface area contributed by atoms with Gasteiger partial charge in [0.25, 0.3) is 0 Å². The standard InChI is InChI=1S/C24H29.2ClH.Zr/c1-6-19-11-12-20-14-18(13-16(2)3)15-23(20)24(19)22-10-8-7-9-21(22)17(4)5;;;/h7-12,14-17H,6,13H2,1-5H3;2*1H;/q-1;;;+2/p-2. The van der Waals surface area contributed by atoms with Gasteiger partial charge in [-0.2, -0.15) is 6.07 Å². The van der Waals surface area contributed by atoms with Crippen molar-refractivity contribution in [2.75, 3.05) is 0 Å². The van der Waals surface area contributed by atoms with Crippen LogP contribution in [-0.2, 0) is 33.7 Å². The Hall–Kier alpha value is -0.487. The van der Waals surface area contributed by atoms with E-state index in [1.807, 2.05) is 0 Å². The first-order valence-electron chi connectivity index (χ1n) is 9.69. The zero-order chi connectivity index (χ0) is 20.0. The normalized spacial score (nSPS) is 11.0. The van der Waals surface area contributed by atoms with E-state index in [4.69, 9.17) is 17.0 Å². The van der Waals surface area contributed by atoms with E-state index < -0.39 is 20.8 Å². The second kappa shape index (κ2) is 10.9. The second-order valence-corrected chi connectivity index (χ2v) is 11.5. The predicted octanol–water partition coefficient (Wildman–Crippen LogP) is 8.49. The number of halogens is 2. The number of aryl methyl sites for hydroxylation is 1. The van der Waals surface area contributed by atoms with Crippen LogP contribution in [0.5, 0.6) is 0 Å². The number of rotatable bonds is 5. The SMILES string of the molecule is CCc1ccc2[cH-]c(CC(C)C)cc2c1-c1ccccc1C(C)C.[Cl][Zr][Cl]. The van der Waals surface area contributed by atoms with Crippen LogP contribution in [0.4, 0.5) is 0 Å². The molecule has 0 aliphatic carbocycles. The predicted molar refractivity (Wildman–Crippen MR) is 119 cm³/mol. The third-order valence-corrected chi connectivity index (χ3v) is 4.91. The number of hydrogen-bond donors (Lipinski definition) is 0. The van der Waals surface area contributed by atoms with Crippen molar-refractivity contribution in [1.29, 1.82) is 0 Å². The Morgan fingerprint density at radius 1 is 1.00 bits per heavy atom. The minimum atomic E-state index is -0.826. The first-order valence-corrected chi connectivity index (χ1v) is 16.0. The molecule has 0 saturated carbocycles. The van der Waals surface area contributed by atoms with Crippen LogP contribution < -0.4 is 0 Å². The second-order valence-electron chi connectivity index (χ2n) is 7.73. The van der Waals surface area contributed by atoms with E-state index in [2.05, 4.69) is 83.1 Å². The topological polar surface area (TPSA) is 0 Å². The summed E-state index contributed by atoms with van der Waals surface area (Å²) in [6.07, 6.45) is 2.23. The summed E-state index contributed by atoms with van der Waals surface area (Å²) in [4.78, 5) is 0. The van der Waals surface area contributed by atoms with E-state index in [0.717, 1.165) is 12.8 Å². The van der Waals surface area contributed by atoms with Crippen LogP contribution in [0.15, 0.2) is 48.5 Å². The van der Waals surface area contributed by atoms with Gasteiger partial charge in [0.15, 0.2) is 0 Å². The first kappa shape index (κ1) is 22.8. The molecule has 0 unspecified atom stereocenters. The molecule has 0 aliphatic heterocycles. The van der Waals surface area contributed by atoms with Gasteiger partial charge in [0.1, 0.15) is 0 Å². The molecule has 0 heterocycles. The molecule has 0 radical (unpaired) electrons. The quantitative estimate of drug-likeness (QED) is 0.322. The maximum atomic E-state index is 4.93. The summed E-state index contributed by atoms with van der Waals surface area (Å²) in [5.74, 6) is 1.23. The van der Waals surface area contributed by atoms with E-state index in [0.29, 0.717) is 11.8 Å². The zero-order valence-electron chi connectivity index (χ0n) is 16.9. The van der Waals surface area contributed by atoms with Gasteiger partial charge in [0.2, 0.25) is 0 Å². The van der Waals surface area contributed by atoms with Gasteiger partial charge in [-0.05, 0) is 35.8 Å². The fourth-order valence-corrected chi connectivity index (χ4v) is 3.82. The van der Waals surface area contributed by atoms with Gasteiger partial charge in [0, 0.05) is 0 Å². The van der Waals surface area contributed by atoms with Crippen LogP contribution in [0.1, 0.15) is 57.2 Å². The van der Waals surface area contributed by atoms with Crippen molar-refractivity contribution < 1.29 is 20.8 Å². The van der Waals surface area contributed by atoms with Crippen molar-refractivity contribution in [2.45, 2.75) is 53.4 Å². The summed E-state index contributed by atoms with van der Waals surface area (Å²) in [5.41, 5.74) is 7.24. The summed E-state index contributed by atoms with van der Waals surface area (Å²) in [6.45, 7) is 11.4. The Labute approximate surface area is 183 Å². The molecule has 0 aromatic heterocycles. The fraction of sp³-hybridized carbons (Fsp3) is 0.375. The van der Waals surface area contributed by atoms with E-state index in [9.17, 15) is 0 Å². The molecule has 3 aromatic rings. The number of fused-ring (bicyclic) bond motifs is 1. The molecule has 3 aromatic carbocycles. The monoisotopic (exact) mass is 477 g/mol.